The molecule has 4 aliphatic carbocycles. The zero-order chi connectivity index (χ0) is 20.9. The lowest BCUT2D eigenvalue weighted by atomic mass is 9.41. The third-order valence-corrected chi connectivity index (χ3v) is 8.75. The second-order valence-electron chi connectivity index (χ2n) is 10.7. The predicted octanol–water partition coefficient (Wildman–Crippen LogP) is 6.93. The lowest BCUT2D eigenvalue weighted by Gasteiger charge is -2.64. The van der Waals surface area contributed by atoms with Gasteiger partial charge in [-0.2, -0.15) is 0 Å². The first-order chi connectivity index (χ1) is 14.4. The Hall–Kier alpha value is -1.38. The van der Waals surface area contributed by atoms with Crippen LogP contribution in [0.5, 0.6) is 0 Å². The Morgan fingerprint density at radius 1 is 1.00 bits per heavy atom. The third-order valence-electron chi connectivity index (χ3n) is 8.50. The van der Waals surface area contributed by atoms with Crippen molar-refractivity contribution in [2.24, 2.45) is 17.3 Å². The molecule has 0 aromatic heterocycles. The molecule has 1 nitrogen and oxygen atoms in total. The minimum absolute atomic E-state index is 0.0877. The van der Waals surface area contributed by atoms with Crippen molar-refractivity contribution in [2.75, 3.05) is 0 Å². The van der Waals surface area contributed by atoms with E-state index in [1.165, 1.54) is 44.1 Å². The van der Waals surface area contributed by atoms with Crippen molar-refractivity contribution < 1.29 is 4.39 Å². The molecule has 0 amide bonds. The number of rotatable bonds is 6. The Balaban J connectivity index is 1.36. The molecule has 0 radical (unpaired) electrons. The number of halogens is 2. The smallest absolute Gasteiger partial charge is 0.126 e. The minimum atomic E-state index is -0.0877. The highest BCUT2D eigenvalue weighted by Gasteiger charge is 2.59. The average Bonchev–Trinajstić information content (AvgIpc) is 2.69. The molecule has 3 heteroatoms. The second-order valence-corrected chi connectivity index (χ2v) is 11.1. The molecule has 2 aromatic carbocycles. The molecule has 160 valence electrons. The summed E-state index contributed by atoms with van der Waals surface area (Å²) in [6.07, 6.45) is 8.79. The Labute approximate surface area is 185 Å². The van der Waals surface area contributed by atoms with E-state index in [1.807, 2.05) is 12.1 Å². The molecular formula is C27H33ClFN. The van der Waals surface area contributed by atoms with E-state index >= 15 is 0 Å². The number of nitrogens with one attached hydrogen (secondary N) is 1. The van der Waals surface area contributed by atoms with Crippen LogP contribution in [0.3, 0.4) is 0 Å². The summed E-state index contributed by atoms with van der Waals surface area (Å²) in [5.74, 6) is 1.59. The van der Waals surface area contributed by atoms with Crippen LogP contribution < -0.4 is 5.32 Å². The van der Waals surface area contributed by atoms with Crippen LogP contribution in [0.2, 0.25) is 5.02 Å². The van der Waals surface area contributed by atoms with E-state index in [0.717, 1.165) is 28.8 Å². The SMILES string of the molecule is C[C@H](N[C@@H](C)Cc1ccccc1F)C12C[C@@H]3C[C@H](CC(c4ccc(Cl)cc4)(C3)C1)C2. The quantitative estimate of drug-likeness (QED) is 0.529. The van der Waals surface area contributed by atoms with Crippen molar-refractivity contribution in [1.82, 2.24) is 5.32 Å². The molecule has 0 spiro atoms. The Morgan fingerprint density at radius 3 is 2.33 bits per heavy atom. The van der Waals surface area contributed by atoms with Crippen LogP contribution in [-0.4, -0.2) is 12.1 Å². The maximum Gasteiger partial charge on any atom is 0.126 e. The molecule has 4 aliphatic rings. The maximum atomic E-state index is 14.1. The highest BCUT2D eigenvalue weighted by molar-refractivity contribution is 6.30. The standard InChI is InChI=1S/C27H33ClFN/c1-18(11-22-5-3-4-6-25(22)29)30-19(2)26-13-20-12-21(14-26)16-27(15-20,17-26)23-7-9-24(28)10-8-23/h3-10,18-21,30H,11-17H2,1-2H3/t18-,19-,20-,21-,26?,27?/m0/s1. The van der Waals surface area contributed by atoms with Gasteiger partial charge in [0, 0.05) is 17.1 Å². The summed E-state index contributed by atoms with van der Waals surface area (Å²) in [5, 5.41) is 4.73. The molecule has 0 saturated heterocycles. The normalized spacial score (nSPS) is 34.1. The molecule has 0 unspecified atom stereocenters. The van der Waals surface area contributed by atoms with Crippen LogP contribution in [0.1, 0.15) is 63.5 Å². The van der Waals surface area contributed by atoms with Gasteiger partial charge in [-0.05, 0) is 111 Å². The van der Waals surface area contributed by atoms with Crippen LogP contribution in [-0.2, 0) is 11.8 Å². The van der Waals surface area contributed by atoms with Crippen molar-refractivity contribution in [1.29, 1.82) is 0 Å². The van der Waals surface area contributed by atoms with Crippen molar-refractivity contribution >= 4 is 11.6 Å². The minimum Gasteiger partial charge on any atom is -0.311 e. The van der Waals surface area contributed by atoms with Gasteiger partial charge in [0.15, 0.2) is 0 Å². The molecule has 0 heterocycles. The summed E-state index contributed by atoms with van der Waals surface area (Å²) in [4.78, 5) is 0. The topological polar surface area (TPSA) is 12.0 Å². The fraction of sp³-hybridized carbons (Fsp3) is 0.556. The first-order valence-corrected chi connectivity index (χ1v) is 12.0. The maximum absolute atomic E-state index is 14.1. The van der Waals surface area contributed by atoms with E-state index in [1.54, 1.807) is 12.1 Å². The van der Waals surface area contributed by atoms with Crippen LogP contribution in [0.15, 0.2) is 48.5 Å². The first-order valence-electron chi connectivity index (χ1n) is 11.6. The van der Waals surface area contributed by atoms with Gasteiger partial charge in [-0.25, -0.2) is 4.39 Å². The molecule has 2 aromatic rings. The third kappa shape index (κ3) is 3.60. The van der Waals surface area contributed by atoms with Gasteiger partial charge < -0.3 is 5.32 Å². The fourth-order valence-corrected chi connectivity index (χ4v) is 7.76. The zero-order valence-electron chi connectivity index (χ0n) is 18.1. The van der Waals surface area contributed by atoms with E-state index < -0.39 is 0 Å². The summed E-state index contributed by atoms with van der Waals surface area (Å²) in [6, 6.07) is 16.6. The Morgan fingerprint density at radius 2 is 1.67 bits per heavy atom. The Bertz CT molecular complexity index is 893. The van der Waals surface area contributed by atoms with Gasteiger partial charge in [-0.3, -0.25) is 0 Å². The van der Waals surface area contributed by atoms with Crippen LogP contribution in [0, 0.1) is 23.1 Å². The monoisotopic (exact) mass is 425 g/mol. The van der Waals surface area contributed by atoms with E-state index in [9.17, 15) is 4.39 Å². The molecule has 4 fully saturated rings. The lowest BCUT2D eigenvalue weighted by Crippen LogP contribution is -2.60. The van der Waals surface area contributed by atoms with Gasteiger partial charge >= 0.3 is 0 Å². The molecule has 4 atom stereocenters. The summed E-state index contributed by atoms with van der Waals surface area (Å²) in [6.45, 7) is 4.60. The highest BCUT2D eigenvalue weighted by atomic mass is 35.5. The van der Waals surface area contributed by atoms with Gasteiger partial charge in [-0.1, -0.05) is 41.9 Å². The van der Waals surface area contributed by atoms with Crippen molar-refractivity contribution in [3.8, 4) is 0 Å². The van der Waals surface area contributed by atoms with Crippen molar-refractivity contribution in [3.05, 3.63) is 70.5 Å². The molecule has 4 bridgehead atoms. The first kappa shape index (κ1) is 20.5. The van der Waals surface area contributed by atoms with Gasteiger partial charge in [0.2, 0.25) is 0 Å². The number of hydrogen-bond donors (Lipinski definition) is 1. The molecule has 1 N–H and O–H groups in total. The lowest BCUT2D eigenvalue weighted by molar-refractivity contribution is -0.0893. The molecular weight excluding hydrogens is 393 g/mol. The summed E-state index contributed by atoms with van der Waals surface area (Å²) >= 11 is 6.20. The van der Waals surface area contributed by atoms with Crippen LogP contribution in [0.4, 0.5) is 4.39 Å². The number of benzene rings is 2. The zero-order valence-corrected chi connectivity index (χ0v) is 18.9. The summed E-state index contributed by atoms with van der Waals surface area (Å²) < 4.78 is 14.1. The van der Waals surface area contributed by atoms with Gasteiger partial charge in [0.05, 0.1) is 0 Å². The van der Waals surface area contributed by atoms with E-state index in [2.05, 4.69) is 43.4 Å². The molecule has 30 heavy (non-hydrogen) atoms. The Kier molecular flexibility index (Phi) is 5.22. The van der Waals surface area contributed by atoms with Crippen LogP contribution >= 0.6 is 11.6 Å². The average molecular weight is 426 g/mol. The fourth-order valence-electron chi connectivity index (χ4n) is 7.64. The van der Waals surface area contributed by atoms with E-state index in [4.69, 9.17) is 11.6 Å². The summed E-state index contributed by atoms with van der Waals surface area (Å²) in [7, 11) is 0. The predicted molar refractivity (Wildman–Crippen MR) is 122 cm³/mol. The number of hydrogen-bond acceptors (Lipinski definition) is 1. The molecule has 4 saturated carbocycles. The molecule has 6 rings (SSSR count). The van der Waals surface area contributed by atoms with E-state index in [-0.39, 0.29) is 11.9 Å². The van der Waals surface area contributed by atoms with Gasteiger partial charge in [0.25, 0.3) is 0 Å². The summed E-state index contributed by atoms with van der Waals surface area (Å²) in [5.41, 5.74) is 2.98. The van der Waals surface area contributed by atoms with Gasteiger partial charge in [0.1, 0.15) is 5.82 Å². The van der Waals surface area contributed by atoms with Crippen molar-refractivity contribution in [2.45, 2.75) is 76.3 Å². The molecule has 0 aliphatic heterocycles. The largest absolute Gasteiger partial charge is 0.311 e. The van der Waals surface area contributed by atoms with Gasteiger partial charge in [-0.15, -0.1) is 0 Å². The second kappa shape index (κ2) is 7.64. The van der Waals surface area contributed by atoms with Crippen molar-refractivity contribution in [3.63, 3.8) is 0 Å². The highest BCUT2D eigenvalue weighted by Crippen LogP contribution is 2.66. The van der Waals surface area contributed by atoms with E-state index in [0.29, 0.717) is 16.9 Å². The van der Waals surface area contributed by atoms with Crippen LogP contribution in [0.25, 0.3) is 0 Å².